The fourth-order valence-corrected chi connectivity index (χ4v) is 15.2. The van der Waals surface area contributed by atoms with Crippen LogP contribution in [-0.2, 0) is 124 Å². The summed E-state index contributed by atoms with van der Waals surface area (Å²) in [6.45, 7) is -8.10. The van der Waals surface area contributed by atoms with Crippen LogP contribution < -0.4 is 16.0 Å². The van der Waals surface area contributed by atoms with E-state index in [1.54, 1.807) is 0 Å². The van der Waals surface area contributed by atoms with Crippen molar-refractivity contribution in [3.63, 3.8) is 0 Å². The van der Waals surface area contributed by atoms with Gasteiger partial charge in [-0.15, -0.1) is 0 Å². The predicted molar refractivity (Wildman–Crippen MR) is 353 cm³/mol. The first-order valence-corrected chi connectivity index (χ1v) is 38.7. The van der Waals surface area contributed by atoms with Crippen LogP contribution in [0.25, 0.3) is 0 Å². The molecular formula is C60H101N3O52S2. The zero-order chi connectivity index (χ0) is 86.6. The number of hydrogen-bond donors (Lipinski definition) is 29. The van der Waals surface area contributed by atoms with Gasteiger partial charge in [0, 0.05) is 20.8 Å². The van der Waals surface area contributed by atoms with E-state index in [1.807, 2.05) is 0 Å². The lowest BCUT2D eigenvalue weighted by Crippen LogP contribution is -2.71. The lowest BCUT2D eigenvalue weighted by atomic mass is 9.93. The van der Waals surface area contributed by atoms with Gasteiger partial charge >= 0.3 is 20.8 Å². The van der Waals surface area contributed by atoms with Crippen molar-refractivity contribution >= 4 is 38.5 Å². The van der Waals surface area contributed by atoms with E-state index in [2.05, 4.69) is 24.3 Å². The topological polar surface area (TPSA) is 857 Å². The van der Waals surface area contributed by atoms with Crippen LogP contribution in [0.2, 0.25) is 0 Å². The molecule has 9 heterocycles. The second-order valence-corrected chi connectivity index (χ2v) is 30.6. The van der Waals surface area contributed by atoms with Crippen molar-refractivity contribution in [2.75, 3.05) is 59.5 Å². The van der Waals surface area contributed by atoms with E-state index in [9.17, 15) is 163 Å². The number of rotatable bonds is 32. The van der Waals surface area contributed by atoms with Gasteiger partial charge in [-0.05, 0) is 0 Å². The molecule has 55 nitrogen and oxygen atoms in total. The maximum atomic E-state index is 13.2. The molecule has 0 radical (unpaired) electrons. The number of ether oxygens (including phenoxy) is 17. The molecule has 680 valence electrons. The van der Waals surface area contributed by atoms with E-state index in [0.717, 1.165) is 20.8 Å². The highest BCUT2D eigenvalue weighted by Crippen LogP contribution is 2.40. The number of amides is 3. The quantitative estimate of drug-likeness (QED) is 0.0278. The molecule has 0 aromatic heterocycles. The third-order valence-corrected chi connectivity index (χ3v) is 21.2. The summed E-state index contributed by atoms with van der Waals surface area (Å²) in [7, 11) is -11.1. The Hall–Kier alpha value is -3.49. The van der Waals surface area contributed by atoms with Gasteiger partial charge in [-0.2, -0.15) is 16.8 Å². The summed E-state index contributed by atoms with van der Waals surface area (Å²) >= 11 is 0. The van der Waals surface area contributed by atoms with E-state index in [1.165, 1.54) is 0 Å². The Balaban J connectivity index is 1.09. The van der Waals surface area contributed by atoms with E-state index in [4.69, 9.17) is 80.5 Å². The van der Waals surface area contributed by atoms with E-state index >= 15 is 0 Å². The molecule has 9 saturated heterocycles. The summed E-state index contributed by atoms with van der Waals surface area (Å²) in [5, 5.41) is 274. The highest BCUT2D eigenvalue weighted by atomic mass is 32.3. The number of carbonyl (C=O) groups excluding carboxylic acids is 3. The van der Waals surface area contributed by atoms with Crippen LogP contribution in [-0.4, -0.2) is 502 Å². The molecule has 0 aromatic carbocycles. The molecule has 0 saturated carbocycles. The molecule has 9 aliphatic rings. The maximum Gasteiger partial charge on any atom is 0.397 e. The molecule has 0 unspecified atom stereocenters. The molecule has 9 rings (SSSR count). The second kappa shape index (κ2) is 41.5. The summed E-state index contributed by atoms with van der Waals surface area (Å²) < 4.78 is 175. The van der Waals surface area contributed by atoms with Crippen molar-refractivity contribution < 1.29 is 252 Å². The lowest BCUT2D eigenvalue weighted by molar-refractivity contribution is -0.398. The fraction of sp³-hybridized carbons (Fsp3) is 0.950. The van der Waals surface area contributed by atoms with Gasteiger partial charge in [0.2, 0.25) is 17.7 Å². The minimum atomic E-state index is -5.54. The van der Waals surface area contributed by atoms with Crippen molar-refractivity contribution in [1.82, 2.24) is 16.0 Å². The van der Waals surface area contributed by atoms with Crippen molar-refractivity contribution in [2.45, 2.75) is 297 Å². The van der Waals surface area contributed by atoms with Gasteiger partial charge < -0.3 is 219 Å². The second-order valence-electron chi connectivity index (χ2n) is 28.5. The number of carbonyl (C=O) groups is 3. The molecule has 57 heteroatoms. The van der Waals surface area contributed by atoms with Gasteiger partial charge in [-0.3, -0.25) is 23.5 Å². The summed E-state index contributed by atoms with van der Waals surface area (Å²) in [5.74, 6) is -2.95. The zero-order valence-corrected chi connectivity index (χ0v) is 63.0. The lowest BCUT2D eigenvalue weighted by Gasteiger charge is -2.51. The van der Waals surface area contributed by atoms with Crippen molar-refractivity contribution in [3.8, 4) is 0 Å². The largest absolute Gasteiger partial charge is 0.397 e. The summed E-state index contributed by atoms with van der Waals surface area (Å²) in [5.41, 5.74) is 0. The first kappa shape index (κ1) is 97.3. The molecule has 29 N–H and O–H groups in total. The van der Waals surface area contributed by atoms with Crippen LogP contribution in [0.3, 0.4) is 0 Å². The average molecular weight is 1760 g/mol. The number of aliphatic hydroxyl groups excluding tert-OH is 24. The molecule has 0 aromatic rings. The standard InChI is InChI=1S/C60H101N3O52S2/c1-13(70)61-25-34(79)45(19(7-67)100-52(25)90)109-53-26(62-14(2)71)35(80)46(20(8-68)104-53)110-59-44(89)50(33(78)23(108-59)11-98-56-43(88)49(112-57-41(86)37(82)29(74)17(5-65)102-57)32(77)22(107-56)10-97-55-40(85)36(81)28(73)16(4-64)101-55)113-60-51(38(83)30(75)18(6-66)103-60)114-54-27(63-15(3)72)48(31(76)24(106-54)12-99-116(91,92)93)111-58-42(87)39(84)47(21(9-69)105-58)115-117(94,95)96/h16-60,64-69,73-90H,4-12H2,1-3H3,(H,61,70)(H,62,71)(H,63,72)(H,91,92,93)(H,94,95,96)/t16-,17-,18-,19-,20-,21-,22-,23-,24-,25-,26-,27-,28-,29-,30-,31-,32-,33-,34-,35-,36+,37+,38+,39-,40+,41+,42-,43+,44+,45-,46-,47+,48-,49+,50+,51+,52-,53+,54+,55+,56+,57-,58+,59+,60-/m1/s1. The minimum Gasteiger partial charge on any atom is -0.394 e. The van der Waals surface area contributed by atoms with Gasteiger partial charge in [-0.1, -0.05) is 0 Å². The van der Waals surface area contributed by atoms with E-state index in [-0.39, 0.29) is 0 Å². The van der Waals surface area contributed by atoms with E-state index < -0.39 is 374 Å². The molecule has 0 spiro atoms. The summed E-state index contributed by atoms with van der Waals surface area (Å²) in [4.78, 5) is 38.4. The Morgan fingerprint density at radius 2 is 0.581 bits per heavy atom. The molecule has 9 aliphatic heterocycles. The minimum absolute atomic E-state index is 0.799. The Labute approximate surface area is 660 Å². The summed E-state index contributed by atoms with van der Waals surface area (Å²) in [6, 6.07) is -5.91. The van der Waals surface area contributed by atoms with Gasteiger partial charge in [0.25, 0.3) is 0 Å². The van der Waals surface area contributed by atoms with Gasteiger partial charge in [0.15, 0.2) is 56.6 Å². The third-order valence-electron chi connectivity index (χ3n) is 20.3. The summed E-state index contributed by atoms with van der Waals surface area (Å²) in [6.07, 6.45) is -94.1. The SMILES string of the molecule is CC(=O)N[C@@H]1[C@@H](O)[C@H](O[C@@H]2O[C@H](CO)[C@@H](O[C@@H]3O[C@H](CO[C@H]4O[C@H](CO[C@H]5O[C@H](CO)[C@@H](O)[C@H](O)[C@@H]5O)[C@@H](O)[C@H](O[C@H]5O[C@H](CO)[C@@H](O)[C@H](O)[C@@H]5O)[C@@H]4O)[C@@H](O)[C@H](O[C@H]4O[C@H](CO)[C@@H](O)[C@H](O)[C@@H]4O[C@@H]4O[C@H](COS(=O)(=O)O)[C@@H](O)[C@H](O[C@@H]5O[C@H](CO)[C@H](OS(=O)(=O)O)[C@H](O)[C@H]5O)[C@H]4NC(C)=O)[C@@H]3O)[C@H](O)[C@H]2NC(C)=O)[C@@H](CO)O[C@H]1O. The third kappa shape index (κ3) is 22.8. The van der Waals surface area contributed by atoms with Crippen molar-refractivity contribution in [2.24, 2.45) is 0 Å². The highest BCUT2D eigenvalue weighted by Gasteiger charge is 2.61. The fourth-order valence-electron chi connectivity index (χ4n) is 14.3. The van der Waals surface area contributed by atoms with Crippen LogP contribution in [0.4, 0.5) is 0 Å². The average Bonchev–Trinajstić information content (AvgIpc) is 0.765. The highest BCUT2D eigenvalue weighted by molar-refractivity contribution is 7.81. The normalized spacial score (nSPS) is 47.7. The van der Waals surface area contributed by atoms with Crippen LogP contribution in [0.1, 0.15) is 20.8 Å². The van der Waals surface area contributed by atoms with Crippen molar-refractivity contribution in [3.05, 3.63) is 0 Å². The molecular weight excluding hydrogens is 1660 g/mol. The first-order valence-electron chi connectivity index (χ1n) is 36.0. The van der Waals surface area contributed by atoms with Gasteiger partial charge in [0.05, 0.1) is 59.5 Å². The monoisotopic (exact) mass is 1760 g/mol. The Kier molecular flexibility index (Phi) is 34.6. The molecule has 117 heavy (non-hydrogen) atoms. The Morgan fingerprint density at radius 1 is 0.274 bits per heavy atom. The number of aliphatic hydroxyl groups is 24. The van der Waals surface area contributed by atoms with Gasteiger partial charge in [-0.25, -0.2) is 8.37 Å². The first-order chi connectivity index (χ1) is 54.9. The van der Waals surface area contributed by atoms with Crippen molar-refractivity contribution in [1.29, 1.82) is 0 Å². The smallest absolute Gasteiger partial charge is 0.394 e. The van der Waals surface area contributed by atoms with Crippen LogP contribution in [0.15, 0.2) is 0 Å². The molecule has 9 fully saturated rings. The van der Waals surface area contributed by atoms with Crippen LogP contribution in [0.5, 0.6) is 0 Å². The van der Waals surface area contributed by atoms with Gasteiger partial charge in [0.1, 0.15) is 220 Å². The van der Waals surface area contributed by atoms with Crippen LogP contribution in [0, 0.1) is 0 Å². The van der Waals surface area contributed by atoms with Crippen LogP contribution >= 0.6 is 0 Å². The molecule has 3 amide bonds. The molecule has 0 bridgehead atoms. The molecule has 45 atom stereocenters. The molecule has 0 aliphatic carbocycles. The number of nitrogens with one attached hydrogen (secondary N) is 3. The van der Waals surface area contributed by atoms with E-state index in [0.29, 0.717) is 0 Å². The predicted octanol–water partition coefficient (Wildman–Crippen LogP) is -20.5. The Bertz CT molecular complexity index is 3390. The Morgan fingerprint density at radius 3 is 1.09 bits per heavy atom. The zero-order valence-electron chi connectivity index (χ0n) is 61.4. The number of hydrogen-bond acceptors (Lipinski definition) is 50. The maximum absolute atomic E-state index is 13.2.